The molecular formula is C21H25NO5. The molecule has 27 heavy (non-hydrogen) atoms. The number of rotatable bonds is 8. The molecule has 0 radical (unpaired) electrons. The summed E-state index contributed by atoms with van der Waals surface area (Å²) in [5, 5.41) is 20.3. The van der Waals surface area contributed by atoms with Gasteiger partial charge in [0.15, 0.2) is 0 Å². The zero-order valence-corrected chi connectivity index (χ0v) is 15.5. The minimum atomic E-state index is -0.480. The first-order valence-corrected chi connectivity index (χ1v) is 8.79. The fourth-order valence-corrected chi connectivity index (χ4v) is 2.23. The summed E-state index contributed by atoms with van der Waals surface area (Å²) in [6.07, 6.45) is 5.30. The van der Waals surface area contributed by atoms with Crippen molar-refractivity contribution >= 4 is 11.7 Å². The number of aromatic hydroxyl groups is 1. The van der Waals surface area contributed by atoms with E-state index in [1.54, 1.807) is 18.2 Å². The molecule has 0 amide bonds. The first-order chi connectivity index (χ1) is 13.0. The number of phenolic OH excluding ortho intramolecular Hbond substituents is 1. The number of phenols is 1. The molecule has 0 atom stereocenters. The van der Waals surface area contributed by atoms with E-state index in [1.165, 1.54) is 18.2 Å². The average molecular weight is 371 g/mol. The van der Waals surface area contributed by atoms with E-state index in [-0.39, 0.29) is 17.4 Å². The minimum absolute atomic E-state index is 0.0309. The van der Waals surface area contributed by atoms with Crippen molar-refractivity contribution in [3.8, 4) is 16.9 Å². The Morgan fingerprint density at radius 1 is 1.22 bits per heavy atom. The van der Waals surface area contributed by atoms with Crippen molar-refractivity contribution in [2.24, 2.45) is 0 Å². The molecule has 0 bridgehead atoms. The number of unbranched alkanes of at least 4 members (excludes halogenated alkanes) is 2. The van der Waals surface area contributed by atoms with Crippen LogP contribution in [0.3, 0.4) is 0 Å². The van der Waals surface area contributed by atoms with Gasteiger partial charge in [-0.3, -0.25) is 14.9 Å². The quantitative estimate of drug-likeness (QED) is 0.225. The molecular weight excluding hydrogens is 346 g/mol. The second-order valence-electron chi connectivity index (χ2n) is 5.75. The van der Waals surface area contributed by atoms with Crippen LogP contribution in [0.15, 0.2) is 61.2 Å². The van der Waals surface area contributed by atoms with Crippen molar-refractivity contribution in [2.45, 2.75) is 32.6 Å². The summed E-state index contributed by atoms with van der Waals surface area (Å²) in [6.45, 7) is 5.90. The maximum absolute atomic E-state index is 10.8. The number of carbonyl (C=O) groups is 1. The van der Waals surface area contributed by atoms with Gasteiger partial charge in [0.1, 0.15) is 12.4 Å². The van der Waals surface area contributed by atoms with Gasteiger partial charge in [-0.1, -0.05) is 62.8 Å². The Hall–Kier alpha value is -3.15. The summed E-state index contributed by atoms with van der Waals surface area (Å²) >= 11 is 0. The molecule has 0 fully saturated rings. The predicted octanol–water partition coefficient (Wildman–Crippen LogP) is 5.26. The first kappa shape index (κ1) is 21.9. The topological polar surface area (TPSA) is 89.7 Å². The zero-order valence-electron chi connectivity index (χ0n) is 15.5. The number of hydrogen-bond acceptors (Lipinski definition) is 5. The van der Waals surface area contributed by atoms with Gasteiger partial charge in [-0.2, -0.15) is 0 Å². The van der Waals surface area contributed by atoms with E-state index in [2.05, 4.69) is 13.5 Å². The van der Waals surface area contributed by atoms with Crippen molar-refractivity contribution in [3.05, 3.63) is 71.3 Å². The van der Waals surface area contributed by atoms with Gasteiger partial charge < -0.3 is 9.84 Å². The van der Waals surface area contributed by atoms with Crippen LogP contribution in [0.25, 0.3) is 11.1 Å². The van der Waals surface area contributed by atoms with Gasteiger partial charge in [-0.05, 0) is 18.1 Å². The molecule has 144 valence electrons. The highest BCUT2D eigenvalue weighted by Crippen LogP contribution is 2.32. The molecule has 0 unspecified atom stereocenters. The summed E-state index contributed by atoms with van der Waals surface area (Å²) < 4.78 is 4.78. The third-order valence-electron chi connectivity index (χ3n) is 3.62. The number of esters is 1. The molecule has 0 aliphatic rings. The van der Waals surface area contributed by atoms with Crippen LogP contribution in [0, 0.1) is 10.1 Å². The van der Waals surface area contributed by atoms with E-state index in [9.17, 15) is 20.0 Å². The molecule has 0 aliphatic heterocycles. The lowest BCUT2D eigenvalue weighted by atomic mass is 10.0. The minimum Gasteiger partial charge on any atom is -0.507 e. The molecule has 2 aromatic rings. The molecule has 0 saturated heterocycles. The fourth-order valence-electron chi connectivity index (χ4n) is 2.23. The maximum atomic E-state index is 10.8. The van der Waals surface area contributed by atoms with Crippen molar-refractivity contribution in [1.29, 1.82) is 0 Å². The summed E-state index contributed by atoms with van der Waals surface area (Å²) in [4.78, 5) is 20.9. The standard InChI is InChI=1S/C12H9NO3.C9H16O2/c14-12-7-6-10(13(15)16)8-11(12)9-4-2-1-3-5-9;1-3-5-6-7-9(10)11-8-4-2/h1-8,14H;4H,2-3,5-8H2,1H3. The molecule has 0 spiro atoms. The Morgan fingerprint density at radius 3 is 2.52 bits per heavy atom. The molecule has 1 N–H and O–H groups in total. The summed E-state index contributed by atoms with van der Waals surface area (Å²) in [5.41, 5.74) is 1.19. The molecule has 6 nitrogen and oxygen atoms in total. The third-order valence-corrected chi connectivity index (χ3v) is 3.62. The van der Waals surface area contributed by atoms with Crippen molar-refractivity contribution < 1.29 is 19.6 Å². The van der Waals surface area contributed by atoms with E-state index >= 15 is 0 Å². The Balaban J connectivity index is 0.000000293. The SMILES string of the molecule is C=CCOC(=O)CCCCC.O=[N+]([O-])c1ccc(O)c(-c2ccccc2)c1. The summed E-state index contributed by atoms with van der Waals surface area (Å²) in [5.74, 6) is -0.0739. The summed E-state index contributed by atoms with van der Waals surface area (Å²) in [7, 11) is 0. The Kier molecular flexibility index (Phi) is 9.93. The van der Waals surface area contributed by atoms with Crippen LogP contribution in [0.1, 0.15) is 32.6 Å². The first-order valence-electron chi connectivity index (χ1n) is 8.79. The Labute approximate surface area is 159 Å². The fraction of sp³-hybridized carbons (Fsp3) is 0.286. The van der Waals surface area contributed by atoms with Crippen LogP contribution >= 0.6 is 0 Å². The molecule has 2 aromatic carbocycles. The number of carbonyl (C=O) groups excluding carboxylic acids is 1. The third kappa shape index (κ3) is 8.18. The molecule has 0 aliphatic carbocycles. The number of benzene rings is 2. The van der Waals surface area contributed by atoms with Crippen LogP contribution in [0.4, 0.5) is 5.69 Å². The van der Waals surface area contributed by atoms with Gasteiger partial charge in [-0.25, -0.2) is 0 Å². The monoisotopic (exact) mass is 371 g/mol. The van der Waals surface area contributed by atoms with Crippen LogP contribution in [-0.2, 0) is 9.53 Å². The lowest BCUT2D eigenvalue weighted by molar-refractivity contribution is -0.384. The van der Waals surface area contributed by atoms with E-state index in [0.29, 0.717) is 18.6 Å². The summed E-state index contributed by atoms with van der Waals surface area (Å²) in [6, 6.07) is 13.0. The number of hydrogen-bond donors (Lipinski definition) is 1. The molecule has 2 rings (SSSR count). The molecule has 6 heteroatoms. The van der Waals surface area contributed by atoms with E-state index < -0.39 is 4.92 Å². The molecule has 0 saturated carbocycles. The average Bonchev–Trinajstić information content (AvgIpc) is 2.68. The van der Waals surface area contributed by atoms with Gasteiger partial charge in [-0.15, -0.1) is 0 Å². The lowest BCUT2D eigenvalue weighted by Crippen LogP contribution is -2.03. The van der Waals surface area contributed by atoms with Crippen molar-refractivity contribution in [2.75, 3.05) is 6.61 Å². The second-order valence-corrected chi connectivity index (χ2v) is 5.75. The van der Waals surface area contributed by atoms with Crippen molar-refractivity contribution in [3.63, 3.8) is 0 Å². The normalized spacial score (nSPS) is 9.67. The van der Waals surface area contributed by atoms with Crippen LogP contribution in [0.2, 0.25) is 0 Å². The van der Waals surface area contributed by atoms with E-state index in [0.717, 1.165) is 24.8 Å². The number of non-ortho nitro benzene ring substituents is 1. The molecule has 0 aromatic heterocycles. The Morgan fingerprint density at radius 2 is 1.93 bits per heavy atom. The van der Waals surface area contributed by atoms with Gasteiger partial charge in [0.05, 0.1) is 4.92 Å². The predicted molar refractivity (Wildman–Crippen MR) is 105 cm³/mol. The Bertz CT molecular complexity index is 743. The van der Waals surface area contributed by atoms with E-state index in [1.807, 2.05) is 18.2 Å². The zero-order chi connectivity index (χ0) is 20.1. The van der Waals surface area contributed by atoms with Crippen LogP contribution < -0.4 is 0 Å². The highest BCUT2D eigenvalue weighted by atomic mass is 16.6. The smallest absolute Gasteiger partial charge is 0.306 e. The maximum Gasteiger partial charge on any atom is 0.306 e. The van der Waals surface area contributed by atoms with Gasteiger partial charge in [0.2, 0.25) is 0 Å². The van der Waals surface area contributed by atoms with Gasteiger partial charge in [0, 0.05) is 24.1 Å². The van der Waals surface area contributed by atoms with E-state index in [4.69, 9.17) is 4.74 Å². The van der Waals surface area contributed by atoms with Gasteiger partial charge in [0.25, 0.3) is 5.69 Å². The number of nitrogens with zero attached hydrogens (tertiary/aromatic N) is 1. The van der Waals surface area contributed by atoms with Gasteiger partial charge >= 0.3 is 5.97 Å². The lowest BCUT2D eigenvalue weighted by Gasteiger charge is -2.03. The van der Waals surface area contributed by atoms with Crippen LogP contribution in [0.5, 0.6) is 5.75 Å². The highest BCUT2D eigenvalue weighted by molar-refractivity contribution is 5.72. The largest absolute Gasteiger partial charge is 0.507 e. The number of nitro groups is 1. The van der Waals surface area contributed by atoms with Crippen LogP contribution in [-0.4, -0.2) is 22.6 Å². The molecule has 0 heterocycles. The number of ether oxygens (including phenoxy) is 1. The van der Waals surface area contributed by atoms with Crippen molar-refractivity contribution in [1.82, 2.24) is 0 Å². The second kappa shape index (κ2) is 12.2. The number of nitro benzene ring substituents is 1. The highest BCUT2D eigenvalue weighted by Gasteiger charge is 2.11.